The molecule has 1 atom stereocenters. The van der Waals surface area contributed by atoms with Crippen LogP contribution in [0, 0.1) is 0 Å². The quantitative estimate of drug-likeness (QED) is 0.856. The molecule has 0 aromatic heterocycles. The maximum atomic E-state index is 11.9. The van der Waals surface area contributed by atoms with Gasteiger partial charge in [-0.3, -0.25) is 0 Å². The van der Waals surface area contributed by atoms with Crippen LogP contribution in [0.15, 0.2) is 35.7 Å². The zero-order valence-corrected chi connectivity index (χ0v) is 10.6. The topological polar surface area (TPSA) is 71.4 Å². The van der Waals surface area contributed by atoms with E-state index in [4.69, 9.17) is 16.7 Å². The van der Waals surface area contributed by atoms with Gasteiger partial charge < -0.3 is 5.11 Å². The predicted molar refractivity (Wildman–Crippen MR) is 65.3 cm³/mol. The summed E-state index contributed by atoms with van der Waals surface area (Å²) < 4.78 is 23.9. The number of hydrogen-bond donors (Lipinski definition) is 1. The van der Waals surface area contributed by atoms with Crippen LogP contribution in [0.5, 0.6) is 0 Å². The summed E-state index contributed by atoms with van der Waals surface area (Å²) in [5.41, 5.74) is -0.232. The molecule has 0 aliphatic heterocycles. The third-order valence-electron chi connectivity index (χ3n) is 2.32. The summed E-state index contributed by atoms with van der Waals surface area (Å²) in [6.07, 6.45) is 1.28. The van der Waals surface area contributed by atoms with Gasteiger partial charge in [-0.25, -0.2) is 13.2 Å². The Morgan fingerprint density at radius 2 is 2.12 bits per heavy atom. The molecule has 1 unspecified atom stereocenters. The zero-order chi connectivity index (χ0) is 13.2. The van der Waals surface area contributed by atoms with Crippen molar-refractivity contribution in [2.75, 3.05) is 0 Å². The second kappa shape index (κ2) is 4.89. The van der Waals surface area contributed by atoms with Gasteiger partial charge in [0.05, 0.1) is 20.7 Å². The molecule has 0 aliphatic carbocycles. The molecule has 0 saturated heterocycles. The zero-order valence-electron chi connectivity index (χ0n) is 9.05. The average Bonchev–Trinajstić information content (AvgIpc) is 2.27. The summed E-state index contributed by atoms with van der Waals surface area (Å²) >= 11 is 5.66. The lowest BCUT2D eigenvalue weighted by Gasteiger charge is -2.09. The molecule has 0 heterocycles. The summed E-state index contributed by atoms with van der Waals surface area (Å²) in [6, 6.07) is 3.60. The molecule has 0 bridgehead atoms. The number of rotatable bonds is 4. The van der Waals surface area contributed by atoms with Gasteiger partial charge in [0.25, 0.3) is 0 Å². The first kappa shape index (κ1) is 13.7. The molecule has 0 spiro atoms. The SMILES string of the molecule is C=CC(C)S(=O)(=O)c1ccc(Cl)c(C(=O)O)c1. The lowest BCUT2D eigenvalue weighted by atomic mass is 10.2. The van der Waals surface area contributed by atoms with Crippen molar-refractivity contribution in [3.63, 3.8) is 0 Å². The number of aromatic carboxylic acids is 1. The maximum Gasteiger partial charge on any atom is 0.337 e. The molecule has 0 aliphatic rings. The Morgan fingerprint density at radius 1 is 1.53 bits per heavy atom. The highest BCUT2D eigenvalue weighted by atomic mass is 35.5. The van der Waals surface area contributed by atoms with Gasteiger partial charge in [-0.1, -0.05) is 17.7 Å². The van der Waals surface area contributed by atoms with Crippen molar-refractivity contribution in [3.05, 3.63) is 41.4 Å². The molecule has 92 valence electrons. The lowest BCUT2D eigenvalue weighted by molar-refractivity contribution is 0.0697. The van der Waals surface area contributed by atoms with Crippen molar-refractivity contribution >= 4 is 27.4 Å². The van der Waals surface area contributed by atoms with Gasteiger partial charge in [0.15, 0.2) is 9.84 Å². The largest absolute Gasteiger partial charge is 0.478 e. The first-order valence-electron chi connectivity index (χ1n) is 4.70. The van der Waals surface area contributed by atoms with E-state index in [0.29, 0.717) is 0 Å². The highest BCUT2D eigenvalue weighted by Gasteiger charge is 2.22. The summed E-state index contributed by atoms with van der Waals surface area (Å²) in [4.78, 5) is 10.8. The summed E-state index contributed by atoms with van der Waals surface area (Å²) in [5.74, 6) is -1.27. The number of carbonyl (C=O) groups is 1. The maximum absolute atomic E-state index is 11.9. The first-order valence-corrected chi connectivity index (χ1v) is 6.62. The molecule has 1 N–H and O–H groups in total. The molecule has 6 heteroatoms. The normalized spacial score (nSPS) is 13.1. The first-order chi connectivity index (χ1) is 7.80. The van der Waals surface area contributed by atoms with E-state index in [2.05, 4.69) is 6.58 Å². The van der Waals surface area contributed by atoms with Gasteiger partial charge in [0.1, 0.15) is 0 Å². The van der Waals surface area contributed by atoms with Gasteiger partial charge in [-0.15, -0.1) is 6.58 Å². The van der Waals surface area contributed by atoms with Crippen molar-refractivity contribution in [3.8, 4) is 0 Å². The Morgan fingerprint density at radius 3 is 2.59 bits per heavy atom. The van der Waals surface area contributed by atoms with Gasteiger partial charge >= 0.3 is 5.97 Å². The minimum absolute atomic E-state index is 0.00251. The molecule has 1 aromatic rings. The van der Waals surface area contributed by atoms with Crippen LogP contribution >= 0.6 is 11.6 Å². The number of sulfone groups is 1. The molecule has 0 amide bonds. The van der Waals surface area contributed by atoms with Gasteiger partial charge in [-0.2, -0.15) is 0 Å². The monoisotopic (exact) mass is 274 g/mol. The van der Waals surface area contributed by atoms with Gasteiger partial charge in [-0.05, 0) is 25.1 Å². The smallest absolute Gasteiger partial charge is 0.337 e. The van der Waals surface area contributed by atoms with E-state index in [1.54, 1.807) is 0 Å². The standard InChI is InChI=1S/C11H11ClO4S/c1-3-7(2)17(15,16)8-4-5-10(12)9(6-8)11(13)14/h3-7H,1H2,2H3,(H,13,14). The fourth-order valence-electron chi connectivity index (χ4n) is 1.19. The van der Waals surface area contributed by atoms with Gasteiger partial charge in [0, 0.05) is 0 Å². The van der Waals surface area contributed by atoms with Gasteiger partial charge in [0.2, 0.25) is 0 Å². The van der Waals surface area contributed by atoms with Crippen molar-refractivity contribution in [2.24, 2.45) is 0 Å². The molecule has 1 aromatic carbocycles. The van der Waals surface area contributed by atoms with Crippen molar-refractivity contribution < 1.29 is 18.3 Å². The minimum Gasteiger partial charge on any atom is -0.478 e. The van der Waals surface area contributed by atoms with Crippen molar-refractivity contribution in [1.82, 2.24) is 0 Å². The van der Waals surface area contributed by atoms with E-state index in [9.17, 15) is 13.2 Å². The second-order valence-corrected chi connectivity index (χ2v) is 6.14. The van der Waals surface area contributed by atoms with Crippen LogP contribution in [-0.2, 0) is 9.84 Å². The Balaban J connectivity index is 3.40. The summed E-state index contributed by atoms with van der Waals surface area (Å²) in [5, 5.41) is 8.07. The molecule has 4 nitrogen and oxygen atoms in total. The Kier molecular flexibility index (Phi) is 3.95. The number of halogens is 1. The molecular weight excluding hydrogens is 264 g/mol. The molecule has 17 heavy (non-hydrogen) atoms. The molecule has 0 fully saturated rings. The highest BCUT2D eigenvalue weighted by Crippen LogP contribution is 2.23. The van der Waals surface area contributed by atoms with E-state index in [1.165, 1.54) is 25.1 Å². The fraction of sp³-hybridized carbons (Fsp3) is 0.182. The van der Waals surface area contributed by atoms with E-state index in [0.717, 1.165) is 6.07 Å². The van der Waals surface area contributed by atoms with E-state index >= 15 is 0 Å². The second-order valence-electron chi connectivity index (χ2n) is 3.43. The lowest BCUT2D eigenvalue weighted by Crippen LogP contribution is -2.15. The highest BCUT2D eigenvalue weighted by molar-refractivity contribution is 7.92. The summed E-state index contributed by atoms with van der Waals surface area (Å²) in [6.45, 7) is 4.88. The van der Waals surface area contributed by atoms with E-state index < -0.39 is 21.1 Å². The minimum atomic E-state index is -3.60. The molecule has 0 saturated carbocycles. The van der Waals surface area contributed by atoms with Crippen LogP contribution < -0.4 is 0 Å². The number of hydrogen-bond acceptors (Lipinski definition) is 3. The van der Waals surface area contributed by atoms with Crippen LogP contribution in [0.25, 0.3) is 0 Å². The Bertz CT molecular complexity index is 563. The van der Waals surface area contributed by atoms with Crippen LogP contribution in [0.3, 0.4) is 0 Å². The number of carboxylic acids is 1. The number of benzene rings is 1. The molecule has 1 rings (SSSR count). The van der Waals surface area contributed by atoms with Crippen LogP contribution in [0.1, 0.15) is 17.3 Å². The van der Waals surface area contributed by atoms with Crippen LogP contribution in [-0.4, -0.2) is 24.7 Å². The fourth-order valence-corrected chi connectivity index (χ4v) is 2.61. The molecular formula is C11H11ClO4S. The van der Waals surface area contributed by atoms with Crippen LogP contribution in [0.2, 0.25) is 5.02 Å². The predicted octanol–water partition coefficient (Wildman–Crippen LogP) is 2.39. The average molecular weight is 275 g/mol. The Labute approximate surface area is 104 Å². The third-order valence-corrected chi connectivity index (χ3v) is 4.73. The van der Waals surface area contributed by atoms with E-state index in [1.807, 2.05) is 0 Å². The van der Waals surface area contributed by atoms with Crippen LogP contribution in [0.4, 0.5) is 0 Å². The molecule has 0 radical (unpaired) electrons. The van der Waals surface area contributed by atoms with E-state index in [-0.39, 0.29) is 15.5 Å². The third kappa shape index (κ3) is 2.68. The summed E-state index contributed by atoms with van der Waals surface area (Å²) in [7, 11) is -3.60. The Hall–Kier alpha value is -1.33. The number of carboxylic acid groups (broad SMARTS) is 1. The van der Waals surface area contributed by atoms with Crippen molar-refractivity contribution in [2.45, 2.75) is 17.1 Å². The van der Waals surface area contributed by atoms with Crippen molar-refractivity contribution in [1.29, 1.82) is 0 Å².